The number of esters is 1. The van der Waals surface area contributed by atoms with E-state index in [0.29, 0.717) is 12.2 Å². The molecule has 1 rings (SSSR count). The molecule has 0 radical (unpaired) electrons. The van der Waals surface area contributed by atoms with Crippen molar-refractivity contribution in [1.29, 1.82) is 0 Å². The van der Waals surface area contributed by atoms with E-state index in [-0.39, 0.29) is 5.97 Å². The van der Waals surface area contributed by atoms with Crippen molar-refractivity contribution in [2.75, 3.05) is 6.61 Å². The van der Waals surface area contributed by atoms with E-state index in [4.69, 9.17) is 4.74 Å². The molecule has 0 atom stereocenters. The molecule has 14 heavy (non-hydrogen) atoms. The summed E-state index contributed by atoms with van der Waals surface area (Å²) in [6, 6.07) is 0. The molecule has 1 heterocycles. The Morgan fingerprint density at radius 1 is 1.43 bits per heavy atom. The maximum Gasteiger partial charge on any atom is 0.338 e. The molecule has 0 unspecified atom stereocenters. The van der Waals surface area contributed by atoms with Gasteiger partial charge in [-0.2, -0.15) is 0 Å². The Hall–Kier alpha value is -1.38. The lowest BCUT2D eigenvalue weighted by molar-refractivity contribution is 0.0524. The van der Waals surface area contributed by atoms with Gasteiger partial charge < -0.3 is 4.74 Å². The molecule has 0 aliphatic rings. The fourth-order valence-corrected chi connectivity index (χ4v) is 1.38. The van der Waals surface area contributed by atoms with E-state index in [9.17, 15) is 4.79 Å². The minimum absolute atomic E-state index is 0.246. The summed E-state index contributed by atoms with van der Waals surface area (Å²) in [5, 5.41) is 0. The minimum atomic E-state index is -0.246. The third-order valence-corrected chi connectivity index (χ3v) is 2.07. The molecule has 0 fully saturated rings. The Morgan fingerprint density at radius 2 is 2.14 bits per heavy atom. The predicted octanol–water partition coefficient (Wildman–Crippen LogP) is 2.13. The van der Waals surface area contributed by atoms with Gasteiger partial charge in [-0.25, -0.2) is 4.79 Å². The molecular weight excluding hydrogens is 178 g/mol. The first-order valence-corrected chi connectivity index (χ1v) is 4.81. The van der Waals surface area contributed by atoms with E-state index >= 15 is 0 Å². The Morgan fingerprint density at radius 3 is 2.71 bits per heavy atom. The summed E-state index contributed by atoms with van der Waals surface area (Å²) in [6.45, 7) is 6.08. The first-order valence-electron chi connectivity index (χ1n) is 4.81. The van der Waals surface area contributed by atoms with Crippen LogP contribution in [0.25, 0.3) is 0 Å². The zero-order chi connectivity index (χ0) is 10.6. The lowest BCUT2D eigenvalue weighted by Crippen LogP contribution is -2.10. The Labute approximate surface area is 84.1 Å². The molecule has 0 saturated heterocycles. The third kappa shape index (κ3) is 2.10. The summed E-state index contributed by atoms with van der Waals surface area (Å²) in [6.07, 6.45) is 4.20. The molecule has 0 aromatic carbocycles. The van der Waals surface area contributed by atoms with Crippen molar-refractivity contribution in [1.82, 2.24) is 4.98 Å². The molecule has 0 bridgehead atoms. The van der Waals surface area contributed by atoms with Gasteiger partial charge in [0.25, 0.3) is 0 Å². The Bertz CT molecular complexity index is 334. The highest BCUT2D eigenvalue weighted by molar-refractivity contribution is 5.92. The molecule has 0 spiro atoms. The minimum Gasteiger partial charge on any atom is -0.462 e. The number of ether oxygens (including phenoxy) is 1. The summed E-state index contributed by atoms with van der Waals surface area (Å²) in [5.74, 6) is -0.246. The number of aromatic nitrogens is 1. The third-order valence-electron chi connectivity index (χ3n) is 2.07. The molecule has 3 heteroatoms. The number of carbonyl (C=O) groups is 1. The molecule has 0 saturated carbocycles. The van der Waals surface area contributed by atoms with Gasteiger partial charge in [-0.1, -0.05) is 6.92 Å². The molecule has 1 aromatic heterocycles. The topological polar surface area (TPSA) is 39.2 Å². The quantitative estimate of drug-likeness (QED) is 0.690. The van der Waals surface area contributed by atoms with E-state index < -0.39 is 0 Å². The molecular formula is C11H15NO2. The van der Waals surface area contributed by atoms with Crippen LogP contribution < -0.4 is 0 Å². The molecule has 0 aliphatic carbocycles. The molecule has 76 valence electrons. The number of hydrogen-bond donors (Lipinski definition) is 0. The average molecular weight is 193 g/mol. The van der Waals surface area contributed by atoms with Gasteiger partial charge in [-0.05, 0) is 31.4 Å². The highest BCUT2D eigenvalue weighted by Gasteiger charge is 2.14. The largest absolute Gasteiger partial charge is 0.462 e. The van der Waals surface area contributed by atoms with Gasteiger partial charge in [0.05, 0.1) is 12.2 Å². The summed E-state index contributed by atoms with van der Waals surface area (Å²) in [5.41, 5.74) is 2.50. The second-order valence-corrected chi connectivity index (χ2v) is 3.06. The van der Waals surface area contributed by atoms with Crippen LogP contribution >= 0.6 is 0 Å². The summed E-state index contributed by atoms with van der Waals surface area (Å²) >= 11 is 0. The maximum atomic E-state index is 11.6. The van der Waals surface area contributed by atoms with Crippen LogP contribution in [0.1, 0.15) is 35.3 Å². The zero-order valence-electron chi connectivity index (χ0n) is 8.83. The predicted molar refractivity (Wildman–Crippen MR) is 54.3 cm³/mol. The van der Waals surface area contributed by atoms with Crippen molar-refractivity contribution in [3.8, 4) is 0 Å². The molecule has 0 N–H and O–H groups in total. The number of pyridine rings is 1. The second kappa shape index (κ2) is 4.74. The number of hydrogen-bond acceptors (Lipinski definition) is 3. The summed E-state index contributed by atoms with van der Waals surface area (Å²) < 4.78 is 4.98. The highest BCUT2D eigenvalue weighted by Crippen LogP contribution is 2.14. The van der Waals surface area contributed by atoms with Gasteiger partial charge in [0.2, 0.25) is 0 Å². The van der Waals surface area contributed by atoms with Crippen LogP contribution in [0, 0.1) is 6.92 Å². The molecule has 0 amide bonds. The lowest BCUT2D eigenvalue weighted by Gasteiger charge is -2.08. The number of rotatable bonds is 3. The standard InChI is InChI=1S/C11H15NO2/c1-4-9-7-12-6-8(3)10(9)11(13)14-5-2/h6-7H,4-5H2,1-3H3. The van der Waals surface area contributed by atoms with Crippen LogP contribution in [-0.4, -0.2) is 17.6 Å². The van der Waals surface area contributed by atoms with Gasteiger partial charge >= 0.3 is 5.97 Å². The molecule has 0 aliphatic heterocycles. The van der Waals surface area contributed by atoms with Crippen LogP contribution in [-0.2, 0) is 11.2 Å². The summed E-state index contributed by atoms with van der Waals surface area (Å²) in [7, 11) is 0. The van der Waals surface area contributed by atoms with Crippen molar-refractivity contribution in [2.45, 2.75) is 27.2 Å². The second-order valence-electron chi connectivity index (χ2n) is 3.06. The van der Waals surface area contributed by atoms with Crippen LogP contribution in [0.2, 0.25) is 0 Å². The molecule has 1 aromatic rings. The van der Waals surface area contributed by atoms with E-state index in [2.05, 4.69) is 4.98 Å². The Kier molecular flexibility index (Phi) is 3.63. The number of aryl methyl sites for hydroxylation is 2. The zero-order valence-corrected chi connectivity index (χ0v) is 8.83. The van der Waals surface area contributed by atoms with Gasteiger partial charge in [-0.3, -0.25) is 4.98 Å². The monoisotopic (exact) mass is 193 g/mol. The van der Waals surface area contributed by atoms with Crippen molar-refractivity contribution in [2.24, 2.45) is 0 Å². The van der Waals surface area contributed by atoms with Gasteiger partial charge in [0, 0.05) is 12.4 Å². The van der Waals surface area contributed by atoms with Crippen LogP contribution in [0.4, 0.5) is 0 Å². The fraction of sp³-hybridized carbons (Fsp3) is 0.455. The van der Waals surface area contributed by atoms with Crippen molar-refractivity contribution in [3.05, 3.63) is 29.1 Å². The van der Waals surface area contributed by atoms with Crippen molar-refractivity contribution >= 4 is 5.97 Å². The van der Waals surface area contributed by atoms with Crippen LogP contribution in [0.5, 0.6) is 0 Å². The smallest absolute Gasteiger partial charge is 0.338 e. The highest BCUT2D eigenvalue weighted by atomic mass is 16.5. The lowest BCUT2D eigenvalue weighted by atomic mass is 10.0. The summed E-state index contributed by atoms with van der Waals surface area (Å²) in [4.78, 5) is 15.6. The normalized spacial score (nSPS) is 9.93. The van der Waals surface area contributed by atoms with E-state index in [1.165, 1.54) is 0 Å². The molecule has 3 nitrogen and oxygen atoms in total. The fourth-order valence-electron chi connectivity index (χ4n) is 1.38. The SMILES string of the molecule is CCOC(=O)c1c(C)cncc1CC. The van der Waals surface area contributed by atoms with Crippen LogP contribution in [0.3, 0.4) is 0 Å². The first-order chi connectivity index (χ1) is 6.70. The van der Waals surface area contributed by atoms with Gasteiger partial charge in [0.15, 0.2) is 0 Å². The van der Waals surface area contributed by atoms with Crippen molar-refractivity contribution in [3.63, 3.8) is 0 Å². The average Bonchev–Trinajstić information content (AvgIpc) is 2.17. The number of nitrogens with zero attached hydrogens (tertiary/aromatic N) is 1. The van der Waals surface area contributed by atoms with Gasteiger partial charge in [0.1, 0.15) is 0 Å². The Balaban J connectivity index is 3.10. The van der Waals surface area contributed by atoms with E-state index in [1.807, 2.05) is 13.8 Å². The number of carbonyl (C=O) groups excluding carboxylic acids is 1. The van der Waals surface area contributed by atoms with Crippen LogP contribution in [0.15, 0.2) is 12.4 Å². The van der Waals surface area contributed by atoms with E-state index in [1.54, 1.807) is 19.3 Å². The first kappa shape index (κ1) is 10.7. The van der Waals surface area contributed by atoms with E-state index in [0.717, 1.165) is 17.5 Å². The van der Waals surface area contributed by atoms with Gasteiger partial charge in [-0.15, -0.1) is 0 Å². The van der Waals surface area contributed by atoms with Crippen molar-refractivity contribution < 1.29 is 9.53 Å². The maximum absolute atomic E-state index is 11.6.